The Kier molecular flexibility index (Phi) is 4.80. The number of hydrogen-bond donors (Lipinski definition) is 2. The minimum Gasteiger partial charge on any atom is -0.339 e. The standard InChI is InChI=1S/C13H25N3O/c1-2-16(11-6-4-3-5-7-11)13(17)12-10-14-8-9-15-12/h11-12,14-15H,2-10H2,1H3. The van der Waals surface area contributed by atoms with Crippen LogP contribution in [-0.2, 0) is 4.79 Å². The van der Waals surface area contributed by atoms with Gasteiger partial charge >= 0.3 is 0 Å². The lowest BCUT2D eigenvalue weighted by molar-refractivity contribution is -0.136. The molecule has 17 heavy (non-hydrogen) atoms. The molecule has 1 saturated heterocycles. The quantitative estimate of drug-likeness (QED) is 0.763. The molecule has 2 rings (SSSR count). The Hall–Kier alpha value is -0.610. The summed E-state index contributed by atoms with van der Waals surface area (Å²) in [6, 6.07) is 0.482. The molecule has 2 fully saturated rings. The maximum absolute atomic E-state index is 12.5. The Balaban J connectivity index is 1.93. The zero-order valence-electron chi connectivity index (χ0n) is 10.9. The van der Waals surface area contributed by atoms with E-state index >= 15 is 0 Å². The molecule has 2 N–H and O–H groups in total. The van der Waals surface area contributed by atoms with Crippen LogP contribution in [0.3, 0.4) is 0 Å². The fraction of sp³-hybridized carbons (Fsp3) is 0.923. The Morgan fingerprint density at radius 1 is 1.24 bits per heavy atom. The third kappa shape index (κ3) is 3.19. The van der Waals surface area contributed by atoms with E-state index in [4.69, 9.17) is 0 Å². The van der Waals surface area contributed by atoms with E-state index in [2.05, 4.69) is 22.5 Å². The van der Waals surface area contributed by atoms with Crippen molar-refractivity contribution < 1.29 is 4.79 Å². The van der Waals surface area contributed by atoms with Gasteiger partial charge in [0, 0.05) is 32.2 Å². The van der Waals surface area contributed by atoms with Gasteiger partial charge in [-0.1, -0.05) is 19.3 Å². The van der Waals surface area contributed by atoms with E-state index in [9.17, 15) is 4.79 Å². The van der Waals surface area contributed by atoms with Gasteiger partial charge in [0.15, 0.2) is 0 Å². The van der Waals surface area contributed by atoms with Gasteiger partial charge in [0.25, 0.3) is 0 Å². The lowest BCUT2D eigenvalue weighted by Gasteiger charge is -2.37. The van der Waals surface area contributed by atoms with Crippen LogP contribution in [0.25, 0.3) is 0 Å². The number of rotatable bonds is 3. The number of likely N-dealkylation sites (N-methyl/N-ethyl adjacent to an activating group) is 1. The summed E-state index contributed by atoms with van der Waals surface area (Å²) in [5, 5.41) is 6.61. The van der Waals surface area contributed by atoms with E-state index < -0.39 is 0 Å². The molecule has 1 saturated carbocycles. The lowest BCUT2D eigenvalue weighted by Crippen LogP contribution is -2.58. The van der Waals surface area contributed by atoms with E-state index in [-0.39, 0.29) is 6.04 Å². The topological polar surface area (TPSA) is 44.4 Å². The van der Waals surface area contributed by atoms with Gasteiger partial charge in [-0.3, -0.25) is 4.79 Å². The summed E-state index contributed by atoms with van der Waals surface area (Å²) in [5.41, 5.74) is 0. The van der Waals surface area contributed by atoms with Gasteiger partial charge in [-0.2, -0.15) is 0 Å². The molecule has 1 aliphatic heterocycles. The molecule has 1 unspecified atom stereocenters. The first kappa shape index (κ1) is 12.8. The lowest BCUT2D eigenvalue weighted by atomic mass is 9.93. The van der Waals surface area contributed by atoms with Crippen molar-refractivity contribution in [1.82, 2.24) is 15.5 Å². The number of piperazine rings is 1. The molecule has 0 aromatic heterocycles. The second kappa shape index (κ2) is 6.36. The van der Waals surface area contributed by atoms with Crippen molar-refractivity contribution in [1.29, 1.82) is 0 Å². The summed E-state index contributed by atoms with van der Waals surface area (Å²) in [6.07, 6.45) is 6.29. The van der Waals surface area contributed by atoms with Crippen molar-refractivity contribution in [2.24, 2.45) is 0 Å². The Morgan fingerprint density at radius 2 is 2.00 bits per heavy atom. The van der Waals surface area contributed by atoms with Gasteiger partial charge in [-0.15, -0.1) is 0 Å². The van der Waals surface area contributed by atoms with Crippen LogP contribution in [0.1, 0.15) is 39.0 Å². The monoisotopic (exact) mass is 239 g/mol. The third-order valence-electron chi connectivity index (χ3n) is 3.98. The van der Waals surface area contributed by atoms with E-state index in [1.54, 1.807) is 0 Å². The molecule has 4 nitrogen and oxygen atoms in total. The fourth-order valence-corrected chi connectivity index (χ4v) is 3.01. The van der Waals surface area contributed by atoms with Gasteiger partial charge in [-0.05, 0) is 19.8 Å². The summed E-state index contributed by atoms with van der Waals surface area (Å²) in [7, 11) is 0. The molecule has 0 radical (unpaired) electrons. The third-order valence-corrected chi connectivity index (χ3v) is 3.98. The molecule has 0 bridgehead atoms. The van der Waals surface area contributed by atoms with Crippen molar-refractivity contribution in [3.05, 3.63) is 0 Å². The largest absolute Gasteiger partial charge is 0.339 e. The average molecular weight is 239 g/mol. The Bertz CT molecular complexity index is 245. The summed E-state index contributed by atoms with van der Waals surface area (Å²) in [6.45, 7) is 5.60. The molecule has 0 aromatic carbocycles. The number of amides is 1. The highest BCUT2D eigenvalue weighted by molar-refractivity contribution is 5.82. The fourth-order valence-electron chi connectivity index (χ4n) is 3.01. The maximum Gasteiger partial charge on any atom is 0.241 e. The first-order chi connectivity index (χ1) is 8.33. The first-order valence-electron chi connectivity index (χ1n) is 7.07. The van der Waals surface area contributed by atoms with Crippen molar-refractivity contribution in [2.45, 2.75) is 51.1 Å². The zero-order valence-corrected chi connectivity index (χ0v) is 10.9. The first-order valence-corrected chi connectivity index (χ1v) is 7.07. The SMILES string of the molecule is CCN(C(=O)C1CNCCN1)C1CCCCC1. The minimum absolute atomic E-state index is 0.00868. The predicted octanol–water partition coefficient (Wildman–Crippen LogP) is 0.729. The summed E-state index contributed by atoms with van der Waals surface area (Å²) in [5.74, 6) is 0.298. The maximum atomic E-state index is 12.5. The highest BCUT2D eigenvalue weighted by Crippen LogP contribution is 2.23. The molecule has 1 aliphatic carbocycles. The molecule has 4 heteroatoms. The predicted molar refractivity (Wildman–Crippen MR) is 68.9 cm³/mol. The molecular formula is C13H25N3O. The smallest absolute Gasteiger partial charge is 0.241 e. The summed E-state index contributed by atoms with van der Waals surface area (Å²) in [4.78, 5) is 14.6. The molecule has 1 atom stereocenters. The number of carbonyl (C=O) groups excluding carboxylic acids is 1. The van der Waals surface area contributed by atoms with E-state index in [1.807, 2.05) is 0 Å². The van der Waals surface area contributed by atoms with Crippen molar-refractivity contribution in [2.75, 3.05) is 26.2 Å². The summed E-state index contributed by atoms with van der Waals surface area (Å²) < 4.78 is 0. The van der Waals surface area contributed by atoms with Crippen LogP contribution in [0.4, 0.5) is 0 Å². The van der Waals surface area contributed by atoms with Crippen molar-refractivity contribution in [3.63, 3.8) is 0 Å². The number of nitrogens with zero attached hydrogens (tertiary/aromatic N) is 1. The van der Waals surface area contributed by atoms with Gasteiger partial charge in [0.1, 0.15) is 0 Å². The molecule has 1 amide bonds. The zero-order chi connectivity index (χ0) is 12.1. The second-order valence-corrected chi connectivity index (χ2v) is 5.13. The van der Waals surface area contributed by atoms with Gasteiger partial charge in [0.2, 0.25) is 5.91 Å². The van der Waals surface area contributed by atoms with Crippen LogP contribution in [-0.4, -0.2) is 49.1 Å². The Morgan fingerprint density at radius 3 is 2.59 bits per heavy atom. The molecular weight excluding hydrogens is 214 g/mol. The van der Waals surface area contributed by atoms with Gasteiger partial charge < -0.3 is 15.5 Å². The summed E-state index contributed by atoms with van der Waals surface area (Å²) >= 11 is 0. The van der Waals surface area contributed by atoms with E-state index in [0.29, 0.717) is 11.9 Å². The van der Waals surface area contributed by atoms with Crippen molar-refractivity contribution >= 4 is 5.91 Å². The second-order valence-electron chi connectivity index (χ2n) is 5.13. The molecule has 1 heterocycles. The molecule has 0 spiro atoms. The highest BCUT2D eigenvalue weighted by atomic mass is 16.2. The number of carbonyl (C=O) groups is 1. The minimum atomic E-state index is -0.00868. The molecule has 98 valence electrons. The highest BCUT2D eigenvalue weighted by Gasteiger charge is 2.29. The van der Waals surface area contributed by atoms with Crippen LogP contribution in [0.2, 0.25) is 0 Å². The van der Waals surface area contributed by atoms with Crippen LogP contribution < -0.4 is 10.6 Å². The number of hydrogen-bond acceptors (Lipinski definition) is 3. The normalized spacial score (nSPS) is 26.8. The average Bonchev–Trinajstić information content (AvgIpc) is 2.42. The van der Waals surface area contributed by atoms with Crippen LogP contribution in [0.15, 0.2) is 0 Å². The van der Waals surface area contributed by atoms with E-state index in [0.717, 1.165) is 26.2 Å². The Labute approximate surface area is 104 Å². The molecule has 0 aromatic rings. The van der Waals surface area contributed by atoms with Crippen LogP contribution in [0.5, 0.6) is 0 Å². The van der Waals surface area contributed by atoms with Gasteiger partial charge in [0.05, 0.1) is 6.04 Å². The van der Waals surface area contributed by atoms with Crippen LogP contribution >= 0.6 is 0 Å². The van der Waals surface area contributed by atoms with Crippen LogP contribution in [0, 0.1) is 0 Å². The molecule has 2 aliphatic rings. The number of nitrogens with one attached hydrogen (secondary N) is 2. The van der Waals surface area contributed by atoms with Gasteiger partial charge in [-0.25, -0.2) is 0 Å². The van der Waals surface area contributed by atoms with E-state index in [1.165, 1.54) is 32.1 Å². The van der Waals surface area contributed by atoms with Crippen molar-refractivity contribution in [3.8, 4) is 0 Å².